The Hall–Kier alpha value is -5.22. The topological polar surface area (TPSA) is 148 Å². The van der Waals surface area contributed by atoms with Crippen molar-refractivity contribution in [3.63, 3.8) is 0 Å². The lowest BCUT2D eigenvalue weighted by molar-refractivity contribution is -0.193. The number of carboxylic acids is 2. The molecule has 0 aliphatic carbocycles. The lowest BCUT2D eigenvalue weighted by atomic mass is 9.92. The van der Waals surface area contributed by atoms with E-state index in [-0.39, 0.29) is 5.91 Å². The molecule has 1 saturated heterocycles. The predicted octanol–water partition coefficient (Wildman–Crippen LogP) is 5.33. The fraction of sp³-hybridized carbons (Fsp3) is 0.310. The molecular formula is C29H27F6N5O6. The lowest BCUT2D eigenvalue weighted by Crippen LogP contribution is -2.38. The number of piperidine rings is 1. The third kappa shape index (κ3) is 9.15. The molecule has 46 heavy (non-hydrogen) atoms. The van der Waals surface area contributed by atoms with Crippen LogP contribution < -0.4 is 4.74 Å². The number of halogens is 6. The second-order valence-corrected chi connectivity index (χ2v) is 9.76. The van der Waals surface area contributed by atoms with Gasteiger partial charge in [0, 0.05) is 49.7 Å². The number of carbonyl (C=O) groups excluding carboxylic acids is 1. The maximum Gasteiger partial charge on any atom is 0.490 e. The van der Waals surface area contributed by atoms with Crippen LogP contribution in [0.15, 0.2) is 61.2 Å². The molecule has 0 saturated carbocycles. The number of hydrogen-bond acceptors (Lipinski definition) is 7. The van der Waals surface area contributed by atoms with Crippen molar-refractivity contribution in [1.82, 2.24) is 24.4 Å². The summed E-state index contributed by atoms with van der Waals surface area (Å²) in [5.74, 6) is -4.36. The molecule has 0 spiro atoms. The summed E-state index contributed by atoms with van der Waals surface area (Å²) in [4.78, 5) is 46.2. The van der Waals surface area contributed by atoms with E-state index in [0.29, 0.717) is 24.6 Å². The zero-order chi connectivity index (χ0) is 34.2. The third-order valence-corrected chi connectivity index (χ3v) is 6.69. The largest absolute Gasteiger partial charge is 0.497 e. The molecule has 17 heteroatoms. The van der Waals surface area contributed by atoms with Crippen LogP contribution in [0.25, 0.3) is 22.3 Å². The van der Waals surface area contributed by atoms with E-state index in [1.165, 1.54) is 0 Å². The van der Waals surface area contributed by atoms with Gasteiger partial charge in [0.05, 0.1) is 30.2 Å². The minimum atomic E-state index is -5.08. The summed E-state index contributed by atoms with van der Waals surface area (Å²) in [5.41, 5.74) is 5.55. The molecule has 4 aromatic rings. The highest BCUT2D eigenvalue weighted by Gasteiger charge is 2.39. The molecule has 5 rings (SSSR count). The smallest absolute Gasteiger partial charge is 0.490 e. The molecule has 0 bridgehead atoms. The second kappa shape index (κ2) is 14.7. The average Bonchev–Trinajstić information content (AvgIpc) is 3.41. The second-order valence-electron chi connectivity index (χ2n) is 9.76. The van der Waals surface area contributed by atoms with Gasteiger partial charge in [-0.25, -0.2) is 14.6 Å². The number of aryl methyl sites for hydroxylation is 1. The monoisotopic (exact) mass is 655 g/mol. The van der Waals surface area contributed by atoms with E-state index in [2.05, 4.69) is 16.0 Å². The van der Waals surface area contributed by atoms with Gasteiger partial charge in [-0.15, -0.1) is 0 Å². The molecule has 0 atom stereocenters. The van der Waals surface area contributed by atoms with Gasteiger partial charge in [0.25, 0.3) is 5.91 Å². The van der Waals surface area contributed by atoms with Crippen molar-refractivity contribution in [2.45, 2.75) is 31.1 Å². The lowest BCUT2D eigenvalue weighted by Gasteiger charge is -2.32. The highest BCUT2D eigenvalue weighted by molar-refractivity contribution is 5.94. The van der Waals surface area contributed by atoms with Gasteiger partial charge >= 0.3 is 24.3 Å². The first kappa shape index (κ1) is 35.3. The number of hydrogen-bond donors (Lipinski definition) is 2. The molecule has 1 aromatic carbocycles. The number of carboxylic acid groups (broad SMARTS) is 2. The van der Waals surface area contributed by atoms with Crippen LogP contribution in [-0.4, -0.2) is 85.0 Å². The van der Waals surface area contributed by atoms with Crippen LogP contribution in [0, 0.1) is 0 Å². The Morgan fingerprint density at radius 1 is 0.935 bits per heavy atom. The molecule has 4 heterocycles. The molecule has 1 fully saturated rings. The Labute approximate surface area is 257 Å². The number of pyridine rings is 2. The maximum absolute atomic E-state index is 12.8. The minimum absolute atomic E-state index is 0.0468. The predicted molar refractivity (Wildman–Crippen MR) is 150 cm³/mol. The summed E-state index contributed by atoms with van der Waals surface area (Å²) < 4.78 is 70.8. The number of alkyl halides is 6. The summed E-state index contributed by atoms with van der Waals surface area (Å²) in [5, 5.41) is 14.2. The first-order valence-corrected chi connectivity index (χ1v) is 13.3. The highest BCUT2D eigenvalue weighted by Crippen LogP contribution is 2.34. The van der Waals surface area contributed by atoms with Crippen molar-refractivity contribution in [1.29, 1.82) is 0 Å². The number of aliphatic carboxylic acids is 2. The average molecular weight is 656 g/mol. The van der Waals surface area contributed by atoms with Crippen LogP contribution in [0.3, 0.4) is 0 Å². The van der Waals surface area contributed by atoms with Gasteiger partial charge in [0.15, 0.2) is 0 Å². The number of benzene rings is 1. The van der Waals surface area contributed by atoms with Gasteiger partial charge < -0.3 is 24.4 Å². The Balaban J connectivity index is 0.000000345. The van der Waals surface area contributed by atoms with E-state index in [0.717, 1.165) is 46.6 Å². The number of aromatic nitrogens is 4. The molecule has 11 nitrogen and oxygen atoms in total. The summed E-state index contributed by atoms with van der Waals surface area (Å²) in [6.45, 7) is 1.42. The van der Waals surface area contributed by atoms with Crippen molar-refractivity contribution in [3.05, 3.63) is 72.4 Å². The summed E-state index contributed by atoms with van der Waals surface area (Å²) >= 11 is 0. The fourth-order valence-electron chi connectivity index (χ4n) is 4.36. The van der Waals surface area contributed by atoms with Gasteiger partial charge in [0.2, 0.25) is 0 Å². The number of nitrogens with zero attached hydrogens (tertiary/aromatic N) is 5. The van der Waals surface area contributed by atoms with Crippen molar-refractivity contribution < 1.29 is 55.7 Å². The van der Waals surface area contributed by atoms with Gasteiger partial charge in [-0.05, 0) is 55.3 Å². The number of imidazole rings is 1. The molecule has 0 radical (unpaired) electrons. The van der Waals surface area contributed by atoms with Gasteiger partial charge in [-0.2, -0.15) is 26.3 Å². The molecule has 1 amide bonds. The number of amides is 1. The molecule has 1 aliphatic heterocycles. The van der Waals surface area contributed by atoms with Gasteiger partial charge in [-0.1, -0.05) is 0 Å². The van der Waals surface area contributed by atoms with E-state index >= 15 is 0 Å². The van der Waals surface area contributed by atoms with Crippen LogP contribution in [0.5, 0.6) is 5.75 Å². The van der Waals surface area contributed by atoms with E-state index in [9.17, 15) is 31.1 Å². The van der Waals surface area contributed by atoms with E-state index < -0.39 is 24.3 Å². The van der Waals surface area contributed by atoms with Crippen LogP contribution >= 0.6 is 0 Å². The molecule has 2 N–H and O–H groups in total. The number of rotatable bonds is 4. The van der Waals surface area contributed by atoms with E-state index in [1.54, 1.807) is 25.6 Å². The number of fused-ring (bicyclic) bond motifs is 1. The Morgan fingerprint density at radius 3 is 1.98 bits per heavy atom. The van der Waals surface area contributed by atoms with Crippen LogP contribution in [0.1, 0.15) is 34.8 Å². The number of methoxy groups -OCH3 is 1. The Kier molecular flexibility index (Phi) is 11.3. The van der Waals surface area contributed by atoms with Gasteiger partial charge in [-0.3, -0.25) is 14.8 Å². The van der Waals surface area contributed by atoms with Crippen LogP contribution in [-0.2, 0) is 16.6 Å². The highest BCUT2D eigenvalue weighted by atomic mass is 19.4. The quantitative estimate of drug-likeness (QED) is 0.279. The zero-order valence-electron chi connectivity index (χ0n) is 24.2. The standard InChI is InChI=1S/C25H25N5O2.2C2HF3O2/c1-29-16-27-24-22(29)14-21(28-23(24)18-5-7-20(32-2)8-6-18)17-9-12-30(13-10-17)25(31)19-4-3-11-26-15-19;2*3-2(4,5)1(6)7/h3-8,11,14-17H,9-10,12-13H2,1-2H3;2*(H,6,7). The van der Waals surface area contributed by atoms with Crippen molar-refractivity contribution in [3.8, 4) is 17.0 Å². The maximum atomic E-state index is 12.8. The number of carbonyl (C=O) groups is 3. The molecular weight excluding hydrogens is 628 g/mol. The first-order chi connectivity index (χ1) is 21.5. The number of ether oxygens (including phenoxy) is 1. The Morgan fingerprint density at radius 2 is 1.50 bits per heavy atom. The van der Waals surface area contributed by atoms with Crippen LogP contribution in [0.2, 0.25) is 0 Å². The molecule has 3 aromatic heterocycles. The zero-order valence-corrected chi connectivity index (χ0v) is 24.2. The van der Waals surface area contributed by atoms with E-state index in [1.807, 2.05) is 53.2 Å². The summed E-state index contributed by atoms with van der Waals surface area (Å²) in [7, 11) is 3.67. The van der Waals surface area contributed by atoms with Gasteiger partial charge in [0.1, 0.15) is 11.3 Å². The summed E-state index contributed by atoms with van der Waals surface area (Å²) in [6, 6.07) is 13.7. The van der Waals surface area contributed by atoms with Crippen molar-refractivity contribution in [2.75, 3.05) is 20.2 Å². The van der Waals surface area contributed by atoms with Crippen LogP contribution in [0.4, 0.5) is 26.3 Å². The third-order valence-electron chi connectivity index (χ3n) is 6.69. The molecule has 1 aliphatic rings. The van der Waals surface area contributed by atoms with E-state index in [4.69, 9.17) is 29.5 Å². The first-order valence-electron chi connectivity index (χ1n) is 13.3. The fourth-order valence-corrected chi connectivity index (χ4v) is 4.36. The SMILES string of the molecule is COc1ccc(-c2nc(C3CCN(C(=O)c4cccnc4)CC3)cc3c2ncn3C)cc1.O=C(O)C(F)(F)F.O=C(O)C(F)(F)F. The Bertz CT molecular complexity index is 1630. The van der Waals surface area contributed by atoms with Crippen molar-refractivity contribution in [2.24, 2.45) is 7.05 Å². The number of likely N-dealkylation sites (tertiary alicyclic amines) is 1. The minimum Gasteiger partial charge on any atom is -0.497 e. The molecule has 246 valence electrons. The van der Waals surface area contributed by atoms with Crippen molar-refractivity contribution >= 4 is 28.9 Å². The normalized spacial score (nSPS) is 13.6. The summed E-state index contributed by atoms with van der Waals surface area (Å²) in [6.07, 6.45) is -3.26. The molecule has 0 unspecified atom stereocenters.